The van der Waals surface area contributed by atoms with Crippen LogP contribution < -0.4 is 5.73 Å². The first-order valence-electron chi connectivity index (χ1n) is 6.54. The summed E-state index contributed by atoms with van der Waals surface area (Å²) in [5.74, 6) is 0. The summed E-state index contributed by atoms with van der Waals surface area (Å²) in [6.45, 7) is 11.2. The molecule has 2 N–H and O–H groups in total. The molecule has 1 rings (SSSR count). The van der Waals surface area contributed by atoms with Gasteiger partial charge < -0.3 is 10.5 Å². The zero-order chi connectivity index (χ0) is 12.2. The zero-order valence-corrected chi connectivity index (χ0v) is 11.3. The van der Waals surface area contributed by atoms with Crippen molar-refractivity contribution in [3.63, 3.8) is 0 Å². The Bertz CT molecular complexity index is 201. The van der Waals surface area contributed by atoms with Crippen molar-refractivity contribution in [3.8, 4) is 0 Å². The minimum Gasteiger partial charge on any atom is -0.375 e. The molecule has 0 aromatic rings. The predicted molar refractivity (Wildman–Crippen MR) is 68.6 cm³/mol. The van der Waals surface area contributed by atoms with E-state index in [0.29, 0.717) is 12.1 Å². The van der Waals surface area contributed by atoms with Crippen LogP contribution in [0.1, 0.15) is 47.0 Å². The van der Waals surface area contributed by atoms with Crippen LogP contribution in [0.3, 0.4) is 0 Å². The Kier molecular flexibility index (Phi) is 5.22. The van der Waals surface area contributed by atoms with Crippen molar-refractivity contribution in [2.75, 3.05) is 19.7 Å². The van der Waals surface area contributed by atoms with Crippen LogP contribution in [-0.4, -0.2) is 42.3 Å². The van der Waals surface area contributed by atoms with E-state index in [1.807, 2.05) is 0 Å². The van der Waals surface area contributed by atoms with Gasteiger partial charge in [0.25, 0.3) is 0 Å². The molecule has 0 saturated carbocycles. The lowest BCUT2D eigenvalue weighted by atomic mass is 9.96. The molecule has 1 saturated heterocycles. The second kappa shape index (κ2) is 5.99. The lowest BCUT2D eigenvalue weighted by Gasteiger charge is -2.40. The third-order valence-corrected chi connectivity index (χ3v) is 3.35. The van der Waals surface area contributed by atoms with Gasteiger partial charge in [0.1, 0.15) is 0 Å². The molecule has 0 aliphatic carbocycles. The largest absolute Gasteiger partial charge is 0.375 e. The third kappa shape index (κ3) is 4.40. The average molecular weight is 228 g/mol. The molecular weight excluding hydrogens is 200 g/mol. The molecule has 0 spiro atoms. The van der Waals surface area contributed by atoms with Crippen LogP contribution in [0.2, 0.25) is 0 Å². The van der Waals surface area contributed by atoms with Crippen molar-refractivity contribution >= 4 is 0 Å². The summed E-state index contributed by atoms with van der Waals surface area (Å²) in [6, 6.07) is 1.22. The number of hydrogen-bond acceptors (Lipinski definition) is 3. The van der Waals surface area contributed by atoms with Gasteiger partial charge in [-0.3, -0.25) is 4.90 Å². The summed E-state index contributed by atoms with van der Waals surface area (Å²) in [5, 5.41) is 0. The zero-order valence-electron chi connectivity index (χ0n) is 11.3. The van der Waals surface area contributed by atoms with E-state index in [9.17, 15) is 0 Å². The Labute approximate surface area is 100 Å². The molecule has 3 heteroatoms. The first-order valence-corrected chi connectivity index (χ1v) is 6.54. The molecule has 1 aliphatic heterocycles. The summed E-state index contributed by atoms with van der Waals surface area (Å²) in [5.41, 5.74) is 5.80. The number of ether oxygens (including phenoxy) is 1. The van der Waals surface area contributed by atoms with Crippen molar-refractivity contribution in [2.24, 2.45) is 5.73 Å². The van der Waals surface area contributed by atoms with E-state index in [4.69, 9.17) is 10.5 Å². The van der Waals surface area contributed by atoms with Gasteiger partial charge in [-0.25, -0.2) is 0 Å². The molecular formula is C13H28N2O. The molecule has 0 aromatic heterocycles. The quantitative estimate of drug-likeness (QED) is 0.800. The van der Waals surface area contributed by atoms with E-state index in [0.717, 1.165) is 19.7 Å². The van der Waals surface area contributed by atoms with E-state index >= 15 is 0 Å². The van der Waals surface area contributed by atoms with Crippen LogP contribution in [0.15, 0.2) is 0 Å². The summed E-state index contributed by atoms with van der Waals surface area (Å²) >= 11 is 0. The molecule has 96 valence electrons. The third-order valence-electron chi connectivity index (χ3n) is 3.35. The maximum absolute atomic E-state index is 5.83. The summed E-state index contributed by atoms with van der Waals surface area (Å²) in [6.07, 6.45) is 3.86. The number of likely N-dealkylation sites (tertiary alicyclic amines) is 1. The van der Waals surface area contributed by atoms with Crippen molar-refractivity contribution in [1.29, 1.82) is 0 Å². The van der Waals surface area contributed by atoms with Crippen LogP contribution in [-0.2, 0) is 4.74 Å². The van der Waals surface area contributed by atoms with Gasteiger partial charge in [-0.1, -0.05) is 6.42 Å². The summed E-state index contributed by atoms with van der Waals surface area (Å²) < 4.78 is 5.79. The van der Waals surface area contributed by atoms with E-state index in [-0.39, 0.29) is 5.60 Å². The van der Waals surface area contributed by atoms with Gasteiger partial charge >= 0.3 is 0 Å². The SMILES string of the molecule is CC1CCCC(CN)N1CCOC(C)(C)C. The maximum Gasteiger partial charge on any atom is 0.0600 e. The van der Waals surface area contributed by atoms with Gasteiger partial charge in [0.2, 0.25) is 0 Å². The standard InChI is InChI=1S/C13H28N2O/c1-11-6-5-7-12(10-14)15(11)8-9-16-13(2,3)4/h11-12H,5-10,14H2,1-4H3. The van der Waals surface area contributed by atoms with Gasteiger partial charge in [-0.05, 0) is 40.5 Å². The Hall–Kier alpha value is -0.120. The smallest absolute Gasteiger partial charge is 0.0600 e. The fraction of sp³-hybridized carbons (Fsp3) is 1.00. The van der Waals surface area contributed by atoms with Crippen LogP contribution in [0.5, 0.6) is 0 Å². The maximum atomic E-state index is 5.83. The van der Waals surface area contributed by atoms with Gasteiger partial charge in [0, 0.05) is 25.2 Å². The highest BCUT2D eigenvalue weighted by atomic mass is 16.5. The number of piperidine rings is 1. The number of nitrogens with zero attached hydrogens (tertiary/aromatic N) is 1. The molecule has 2 unspecified atom stereocenters. The van der Waals surface area contributed by atoms with Gasteiger partial charge in [0.05, 0.1) is 12.2 Å². The lowest BCUT2D eigenvalue weighted by Crippen LogP contribution is -2.50. The molecule has 16 heavy (non-hydrogen) atoms. The Morgan fingerprint density at radius 2 is 2.00 bits per heavy atom. The average Bonchev–Trinajstić information content (AvgIpc) is 2.18. The molecule has 0 radical (unpaired) electrons. The minimum atomic E-state index is -0.0305. The number of hydrogen-bond donors (Lipinski definition) is 1. The van der Waals surface area contributed by atoms with Crippen LogP contribution in [0.25, 0.3) is 0 Å². The predicted octanol–water partition coefficient (Wildman–Crippen LogP) is 2.00. The highest BCUT2D eigenvalue weighted by Gasteiger charge is 2.26. The lowest BCUT2D eigenvalue weighted by molar-refractivity contribution is -0.0281. The van der Waals surface area contributed by atoms with Crippen LogP contribution >= 0.6 is 0 Å². The first-order chi connectivity index (χ1) is 7.44. The second-order valence-electron chi connectivity index (χ2n) is 5.87. The van der Waals surface area contributed by atoms with Gasteiger partial charge in [0.15, 0.2) is 0 Å². The normalized spacial score (nSPS) is 28.3. The first kappa shape index (κ1) is 13.9. The minimum absolute atomic E-state index is 0.0305. The fourth-order valence-corrected chi connectivity index (χ4v) is 2.45. The van der Waals surface area contributed by atoms with Crippen molar-refractivity contribution < 1.29 is 4.74 Å². The van der Waals surface area contributed by atoms with Crippen molar-refractivity contribution in [3.05, 3.63) is 0 Å². The topological polar surface area (TPSA) is 38.5 Å². The van der Waals surface area contributed by atoms with E-state index in [1.165, 1.54) is 19.3 Å². The van der Waals surface area contributed by atoms with Crippen molar-refractivity contribution in [2.45, 2.75) is 64.6 Å². The second-order valence-corrected chi connectivity index (χ2v) is 5.87. The van der Waals surface area contributed by atoms with Gasteiger partial charge in [-0.2, -0.15) is 0 Å². The number of rotatable bonds is 4. The summed E-state index contributed by atoms with van der Waals surface area (Å²) in [7, 11) is 0. The Balaban J connectivity index is 2.37. The fourth-order valence-electron chi connectivity index (χ4n) is 2.45. The molecule has 3 nitrogen and oxygen atoms in total. The van der Waals surface area contributed by atoms with E-state index < -0.39 is 0 Å². The van der Waals surface area contributed by atoms with Crippen LogP contribution in [0, 0.1) is 0 Å². The molecule has 1 aliphatic rings. The highest BCUT2D eigenvalue weighted by Crippen LogP contribution is 2.22. The number of nitrogens with two attached hydrogens (primary N) is 1. The molecule has 1 heterocycles. The Morgan fingerprint density at radius 3 is 2.56 bits per heavy atom. The molecule has 0 amide bonds. The monoisotopic (exact) mass is 228 g/mol. The molecule has 2 atom stereocenters. The molecule has 1 fully saturated rings. The van der Waals surface area contributed by atoms with E-state index in [2.05, 4.69) is 32.6 Å². The van der Waals surface area contributed by atoms with Crippen molar-refractivity contribution in [1.82, 2.24) is 4.90 Å². The van der Waals surface area contributed by atoms with Crippen LogP contribution in [0.4, 0.5) is 0 Å². The Morgan fingerprint density at radius 1 is 1.31 bits per heavy atom. The van der Waals surface area contributed by atoms with E-state index in [1.54, 1.807) is 0 Å². The summed E-state index contributed by atoms with van der Waals surface area (Å²) in [4.78, 5) is 2.52. The molecule has 0 bridgehead atoms. The van der Waals surface area contributed by atoms with Gasteiger partial charge in [-0.15, -0.1) is 0 Å². The highest BCUT2D eigenvalue weighted by molar-refractivity contribution is 4.82. The molecule has 0 aromatic carbocycles.